The maximum atomic E-state index is 12.7. The molecule has 2 nitrogen and oxygen atoms in total. The standard InChI is InChI=1S/C13H10BrF3N2/c1-8-2-3-9(13(15,16)17)6-12(8)19-11-4-5-18-7-10(11)14/h2-7H,1H3,(H,18,19). The van der Waals surface area contributed by atoms with Crippen LogP contribution in [-0.2, 0) is 6.18 Å². The van der Waals surface area contributed by atoms with E-state index in [-0.39, 0.29) is 0 Å². The smallest absolute Gasteiger partial charge is 0.354 e. The molecule has 1 aromatic carbocycles. The summed E-state index contributed by atoms with van der Waals surface area (Å²) in [6, 6.07) is 5.30. The third kappa shape index (κ3) is 3.26. The number of benzene rings is 1. The molecule has 0 atom stereocenters. The molecule has 1 aromatic heterocycles. The predicted octanol–water partition coefficient (Wildman–Crippen LogP) is 4.91. The summed E-state index contributed by atoms with van der Waals surface area (Å²) in [4.78, 5) is 3.90. The third-order valence-electron chi connectivity index (χ3n) is 2.61. The van der Waals surface area contributed by atoms with Crippen molar-refractivity contribution in [1.82, 2.24) is 4.98 Å². The van der Waals surface area contributed by atoms with Crippen LogP contribution in [0.3, 0.4) is 0 Å². The Hall–Kier alpha value is -1.56. The third-order valence-corrected chi connectivity index (χ3v) is 3.24. The van der Waals surface area contributed by atoms with Crippen molar-refractivity contribution in [3.63, 3.8) is 0 Å². The van der Waals surface area contributed by atoms with Crippen molar-refractivity contribution in [3.05, 3.63) is 52.3 Å². The van der Waals surface area contributed by atoms with Crippen molar-refractivity contribution in [2.75, 3.05) is 5.32 Å². The second kappa shape index (κ2) is 5.21. The number of nitrogens with one attached hydrogen (secondary N) is 1. The predicted molar refractivity (Wildman–Crippen MR) is 71.4 cm³/mol. The number of hydrogen-bond donors (Lipinski definition) is 1. The first-order chi connectivity index (χ1) is 8.88. The van der Waals surface area contributed by atoms with Crippen molar-refractivity contribution in [3.8, 4) is 0 Å². The number of aryl methyl sites for hydroxylation is 1. The highest BCUT2D eigenvalue weighted by Crippen LogP contribution is 2.33. The molecule has 0 fully saturated rings. The molecule has 2 rings (SSSR count). The molecule has 0 radical (unpaired) electrons. The van der Waals surface area contributed by atoms with Gasteiger partial charge in [0.15, 0.2) is 0 Å². The molecule has 0 saturated carbocycles. The van der Waals surface area contributed by atoms with Crippen LogP contribution in [0.2, 0.25) is 0 Å². The largest absolute Gasteiger partial charge is 0.416 e. The van der Waals surface area contributed by atoms with Gasteiger partial charge in [-0.25, -0.2) is 0 Å². The summed E-state index contributed by atoms with van der Waals surface area (Å²) in [5.41, 5.74) is 1.14. The van der Waals surface area contributed by atoms with Crippen molar-refractivity contribution >= 4 is 27.3 Å². The van der Waals surface area contributed by atoms with E-state index in [1.807, 2.05) is 0 Å². The molecule has 6 heteroatoms. The summed E-state index contributed by atoms with van der Waals surface area (Å²) in [6.45, 7) is 1.75. The van der Waals surface area contributed by atoms with Crippen LogP contribution in [0.25, 0.3) is 0 Å². The van der Waals surface area contributed by atoms with Gasteiger partial charge in [-0.2, -0.15) is 13.2 Å². The Morgan fingerprint density at radius 3 is 2.53 bits per heavy atom. The summed E-state index contributed by atoms with van der Waals surface area (Å²) in [5.74, 6) is 0. The second-order valence-corrected chi connectivity index (χ2v) is 4.86. The lowest BCUT2D eigenvalue weighted by molar-refractivity contribution is -0.137. The van der Waals surface area contributed by atoms with Gasteiger partial charge in [-0.15, -0.1) is 0 Å². The van der Waals surface area contributed by atoms with Gasteiger partial charge in [0.25, 0.3) is 0 Å². The highest BCUT2D eigenvalue weighted by Gasteiger charge is 2.30. The van der Waals surface area contributed by atoms with Gasteiger partial charge < -0.3 is 5.32 Å². The van der Waals surface area contributed by atoms with Crippen LogP contribution in [-0.4, -0.2) is 4.98 Å². The number of anilines is 2. The molecule has 0 saturated heterocycles. The van der Waals surface area contributed by atoms with E-state index in [2.05, 4.69) is 26.2 Å². The second-order valence-electron chi connectivity index (χ2n) is 4.01. The molecule has 2 aromatic rings. The average Bonchev–Trinajstić information content (AvgIpc) is 2.33. The molecule has 0 aliphatic rings. The van der Waals surface area contributed by atoms with Crippen LogP contribution in [0.4, 0.5) is 24.5 Å². The minimum Gasteiger partial charge on any atom is -0.354 e. The molecule has 0 amide bonds. The van der Waals surface area contributed by atoms with Crippen LogP contribution in [0.15, 0.2) is 41.1 Å². The van der Waals surface area contributed by atoms with E-state index in [1.54, 1.807) is 25.4 Å². The summed E-state index contributed by atoms with van der Waals surface area (Å²) in [6.07, 6.45) is -1.21. The molecule has 0 aliphatic heterocycles. The van der Waals surface area contributed by atoms with Crippen LogP contribution >= 0.6 is 15.9 Å². The number of hydrogen-bond acceptors (Lipinski definition) is 2. The van der Waals surface area contributed by atoms with E-state index in [9.17, 15) is 13.2 Å². The zero-order chi connectivity index (χ0) is 14.0. The fourth-order valence-electron chi connectivity index (χ4n) is 1.55. The number of alkyl halides is 3. The normalized spacial score (nSPS) is 11.4. The number of pyridine rings is 1. The summed E-state index contributed by atoms with van der Waals surface area (Å²) in [7, 11) is 0. The first kappa shape index (κ1) is 13.9. The Labute approximate surface area is 116 Å². The molecule has 0 unspecified atom stereocenters. The molecule has 0 bridgehead atoms. The van der Waals surface area contributed by atoms with Crippen LogP contribution in [0, 0.1) is 6.92 Å². The minimum absolute atomic E-state index is 0.418. The molecule has 1 N–H and O–H groups in total. The SMILES string of the molecule is Cc1ccc(C(F)(F)F)cc1Nc1ccncc1Br. The van der Waals surface area contributed by atoms with Crippen molar-refractivity contribution in [2.45, 2.75) is 13.1 Å². The Bertz CT molecular complexity index is 597. The van der Waals surface area contributed by atoms with Gasteiger partial charge in [0.1, 0.15) is 0 Å². The fourth-order valence-corrected chi connectivity index (χ4v) is 1.90. The fraction of sp³-hybridized carbons (Fsp3) is 0.154. The molecule has 0 aliphatic carbocycles. The molecular weight excluding hydrogens is 321 g/mol. The minimum atomic E-state index is -4.35. The van der Waals surface area contributed by atoms with Crippen molar-refractivity contribution in [2.24, 2.45) is 0 Å². The highest BCUT2D eigenvalue weighted by atomic mass is 79.9. The van der Waals surface area contributed by atoms with E-state index in [0.717, 1.165) is 17.7 Å². The zero-order valence-corrected chi connectivity index (χ0v) is 11.5. The molecule has 19 heavy (non-hydrogen) atoms. The van der Waals surface area contributed by atoms with Crippen LogP contribution < -0.4 is 5.32 Å². The van der Waals surface area contributed by atoms with E-state index in [1.165, 1.54) is 6.07 Å². The Kier molecular flexibility index (Phi) is 3.80. The molecule has 0 spiro atoms. The first-order valence-electron chi connectivity index (χ1n) is 5.42. The van der Waals surface area contributed by atoms with Crippen LogP contribution in [0.5, 0.6) is 0 Å². The van der Waals surface area contributed by atoms with E-state index in [4.69, 9.17) is 0 Å². The van der Waals surface area contributed by atoms with E-state index < -0.39 is 11.7 Å². The summed E-state index contributed by atoms with van der Waals surface area (Å²) >= 11 is 3.29. The lowest BCUT2D eigenvalue weighted by Crippen LogP contribution is -2.06. The van der Waals surface area contributed by atoms with Gasteiger partial charge in [-0.05, 0) is 46.6 Å². The maximum Gasteiger partial charge on any atom is 0.416 e. The van der Waals surface area contributed by atoms with Gasteiger partial charge in [0.2, 0.25) is 0 Å². The quantitative estimate of drug-likeness (QED) is 0.845. The first-order valence-corrected chi connectivity index (χ1v) is 6.21. The monoisotopic (exact) mass is 330 g/mol. The number of rotatable bonds is 2. The lowest BCUT2D eigenvalue weighted by atomic mass is 10.1. The maximum absolute atomic E-state index is 12.7. The summed E-state index contributed by atoms with van der Waals surface area (Å²) < 4.78 is 38.7. The molecular formula is C13H10BrF3N2. The van der Waals surface area contributed by atoms with Crippen LogP contribution in [0.1, 0.15) is 11.1 Å². The average molecular weight is 331 g/mol. The molecule has 1 heterocycles. The van der Waals surface area contributed by atoms with Crippen molar-refractivity contribution < 1.29 is 13.2 Å². The zero-order valence-electron chi connectivity index (χ0n) is 9.92. The van der Waals surface area contributed by atoms with Crippen molar-refractivity contribution in [1.29, 1.82) is 0 Å². The van der Waals surface area contributed by atoms with Gasteiger partial charge in [-0.1, -0.05) is 6.07 Å². The van der Waals surface area contributed by atoms with Gasteiger partial charge in [0, 0.05) is 18.1 Å². The number of aromatic nitrogens is 1. The Balaban J connectivity index is 2.38. The topological polar surface area (TPSA) is 24.9 Å². The van der Waals surface area contributed by atoms with Gasteiger partial charge >= 0.3 is 6.18 Å². The Morgan fingerprint density at radius 2 is 1.89 bits per heavy atom. The Morgan fingerprint density at radius 1 is 1.16 bits per heavy atom. The van der Waals surface area contributed by atoms with Gasteiger partial charge in [-0.3, -0.25) is 4.98 Å². The summed E-state index contributed by atoms with van der Waals surface area (Å²) in [5, 5.41) is 2.97. The molecule has 100 valence electrons. The lowest BCUT2D eigenvalue weighted by Gasteiger charge is -2.14. The highest BCUT2D eigenvalue weighted by molar-refractivity contribution is 9.10. The van der Waals surface area contributed by atoms with E-state index in [0.29, 0.717) is 15.8 Å². The van der Waals surface area contributed by atoms with Gasteiger partial charge in [0.05, 0.1) is 15.7 Å². The number of halogens is 4. The number of nitrogens with zero attached hydrogens (tertiary/aromatic N) is 1. The van der Waals surface area contributed by atoms with E-state index >= 15 is 0 Å².